The summed E-state index contributed by atoms with van der Waals surface area (Å²) in [7, 11) is 3.14. The molecule has 0 fully saturated rings. The van der Waals surface area contributed by atoms with Crippen LogP contribution in [0.25, 0.3) is 5.57 Å². The van der Waals surface area contributed by atoms with Crippen molar-refractivity contribution in [3.8, 4) is 0 Å². The predicted molar refractivity (Wildman–Crippen MR) is 68.9 cm³/mol. The van der Waals surface area contributed by atoms with Gasteiger partial charge in [0.15, 0.2) is 0 Å². The van der Waals surface area contributed by atoms with Gasteiger partial charge in [-0.15, -0.1) is 0 Å². The molecular weight excluding hydrogens is 248 g/mol. The highest BCUT2D eigenvalue weighted by atomic mass is 16.5. The number of methoxy groups -OCH3 is 1. The summed E-state index contributed by atoms with van der Waals surface area (Å²) >= 11 is 0. The molecule has 1 aromatic heterocycles. The first-order valence-corrected chi connectivity index (χ1v) is 5.96. The summed E-state index contributed by atoms with van der Waals surface area (Å²) in [6, 6.07) is 3.57. The number of carbonyl (C=O) groups is 2. The Morgan fingerprint density at radius 3 is 2.63 bits per heavy atom. The first-order valence-electron chi connectivity index (χ1n) is 5.96. The number of esters is 1. The number of aromatic nitrogens is 1. The van der Waals surface area contributed by atoms with Gasteiger partial charge in [-0.2, -0.15) is 0 Å². The quantitative estimate of drug-likeness (QED) is 0.823. The van der Waals surface area contributed by atoms with Gasteiger partial charge in [-0.05, 0) is 24.1 Å². The van der Waals surface area contributed by atoms with Gasteiger partial charge in [0.25, 0.3) is 0 Å². The van der Waals surface area contributed by atoms with Crippen molar-refractivity contribution in [3.05, 3.63) is 29.6 Å². The highest BCUT2D eigenvalue weighted by molar-refractivity contribution is 5.88. The summed E-state index contributed by atoms with van der Waals surface area (Å²) in [5, 5.41) is 8.89. The average molecular weight is 264 g/mol. The Morgan fingerprint density at radius 2 is 2.11 bits per heavy atom. The van der Waals surface area contributed by atoms with Gasteiger partial charge in [0.05, 0.1) is 7.11 Å². The van der Waals surface area contributed by atoms with Gasteiger partial charge in [0, 0.05) is 25.8 Å². The van der Waals surface area contributed by atoms with Crippen LogP contribution < -0.4 is 0 Å². The van der Waals surface area contributed by atoms with Crippen molar-refractivity contribution in [1.29, 1.82) is 0 Å². The molecule has 0 saturated carbocycles. The molecule has 19 heavy (non-hydrogen) atoms. The van der Waals surface area contributed by atoms with E-state index in [4.69, 9.17) is 9.84 Å². The van der Waals surface area contributed by atoms with Crippen molar-refractivity contribution in [2.75, 3.05) is 20.2 Å². The lowest BCUT2D eigenvalue weighted by molar-refractivity contribution is 0.0590. The first kappa shape index (κ1) is 13.2. The highest BCUT2D eigenvalue weighted by Crippen LogP contribution is 2.24. The Morgan fingerprint density at radius 1 is 1.37 bits per heavy atom. The zero-order chi connectivity index (χ0) is 14.0. The zero-order valence-electron chi connectivity index (χ0n) is 10.9. The standard InChI is InChI=1S/C13H16N2O4/c1-14-10(3-4-11(14)12(16)19-2)9-5-7-15(8-6-9)13(17)18/h3-5H,6-8H2,1-2H3,(H,17,18). The number of nitrogens with zero attached hydrogens (tertiary/aromatic N) is 2. The van der Waals surface area contributed by atoms with Crippen molar-refractivity contribution < 1.29 is 19.4 Å². The van der Waals surface area contributed by atoms with Crippen molar-refractivity contribution >= 4 is 17.6 Å². The van der Waals surface area contributed by atoms with Crippen LogP contribution in [0, 0.1) is 0 Å². The minimum Gasteiger partial charge on any atom is -0.465 e. The fourth-order valence-electron chi connectivity index (χ4n) is 2.22. The summed E-state index contributed by atoms with van der Waals surface area (Å²) in [6.07, 6.45) is 1.62. The number of hydrogen-bond donors (Lipinski definition) is 1. The van der Waals surface area contributed by atoms with Crippen LogP contribution in [0.5, 0.6) is 0 Å². The molecule has 1 aliphatic rings. The van der Waals surface area contributed by atoms with Crippen molar-refractivity contribution in [1.82, 2.24) is 9.47 Å². The maximum atomic E-state index is 11.5. The monoisotopic (exact) mass is 264 g/mol. The molecule has 0 saturated heterocycles. The van der Waals surface area contributed by atoms with Crippen LogP contribution in [-0.4, -0.2) is 46.8 Å². The van der Waals surface area contributed by atoms with Crippen LogP contribution in [0.1, 0.15) is 22.6 Å². The number of amides is 1. The molecule has 6 nitrogen and oxygen atoms in total. The van der Waals surface area contributed by atoms with Crippen LogP contribution in [-0.2, 0) is 11.8 Å². The van der Waals surface area contributed by atoms with E-state index in [0.717, 1.165) is 11.3 Å². The molecule has 1 N–H and O–H groups in total. The van der Waals surface area contributed by atoms with E-state index in [1.165, 1.54) is 12.0 Å². The second-order valence-electron chi connectivity index (χ2n) is 4.36. The summed E-state index contributed by atoms with van der Waals surface area (Å²) < 4.78 is 6.47. The average Bonchev–Trinajstić information content (AvgIpc) is 2.80. The Hall–Kier alpha value is -2.24. The zero-order valence-corrected chi connectivity index (χ0v) is 10.9. The molecule has 0 radical (unpaired) electrons. The smallest absolute Gasteiger partial charge is 0.407 e. The molecule has 6 heteroatoms. The third-order valence-corrected chi connectivity index (χ3v) is 3.32. The molecule has 0 spiro atoms. The van der Waals surface area contributed by atoms with E-state index < -0.39 is 6.09 Å². The molecule has 0 atom stereocenters. The minimum atomic E-state index is -0.905. The SMILES string of the molecule is COC(=O)c1ccc(C2=CCN(C(=O)O)CC2)n1C. The van der Waals surface area contributed by atoms with Crippen LogP contribution in [0.4, 0.5) is 4.79 Å². The molecular formula is C13H16N2O4. The summed E-state index contributed by atoms with van der Waals surface area (Å²) in [5.41, 5.74) is 2.46. The molecule has 0 aliphatic carbocycles. The fraction of sp³-hybridized carbons (Fsp3) is 0.385. The Kier molecular flexibility index (Phi) is 3.59. The van der Waals surface area contributed by atoms with Gasteiger partial charge in [-0.25, -0.2) is 9.59 Å². The van der Waals surface area contributed by atoms with E-state index in [-0.39, 0.29) is 5.97 Å². The van der Waals surface area contributed by atoms with Gasteiger partial charge in [-0.1, -0.05) is 6.08 Å². The van der Waals surface area contributed by atoms with Crippen molar-refractivity contribution in [3.63, 3.8) is 0 Å². The van der Waals surface area contributed by atoms with Gasteiger partial charge in [-0.3, -0.25) is 0 Å². The second kappa shape index (κ2) is 5.17. The summed E-state index contributed by atoms with van der Waals surface area (Å²) in [5.74, 6) is -0.377. The lowest BCUT2D eigenvalue weighted by Gasteiger charge is -2.24. The fourth-order valence-corrected chi connectivity index (χ4v) is 2.22. The molecule has 1 aromatic rings. The molecule has 2 heterocycles. The summed E-state index contributed by atoms with van der Waals surface area (Å²) in [4.78, 5) is 23.7. The van der Waals surface area contributed by atoms with Gasteiger partial charge >= 0.3 is 12.1 Å². The van der Waals surface area contributed by atoms with E-state index in [2.05, 4.69) is 0 Å². The van der Waals surface area contributed by atoms with E-state index >= 15 is 0 Å². The minimum absolute atomic E-state index is 0.377. The topological polar surface area (TPSA) is 71.8 Å². The predicted octanol–water partition coefficient (Wildman–Crippen LogP) is 1.58. The Labute approximate surface area is 110 Å². The number of hydrogen-bond acceptors (Lipinski definition) is 3. The van der Waals surface area contributed by atoms with E-state index in [9.17, 15) is 9.59 Å². The van der Waals surface area contributed by atoms with Crippen LogP contribution >= 0.6 is 0 Å². The molecule has 1 aliphatic heterocycles. The Balaban J connectivity index is 2.22. The number of carboxylic acid groups (broad SMARTS) is 1. The Bertz CT molecular complexity index is 545. The van der Waals surface area contributed by atoms with Crippen molar-refractivity contribution in [2.24, 2.45) is 7.05 Å². The van der Waals surface area contributed by atoms with E-state index in [1.54, 1.807) is 17.7 Å². The third-order valence-electron chi connectivity index (χ3n) is 3.32. The lowest BCUT2D eigenvalue weighted by Crippen LogP contribution is -2.33. The second-order valence-corrected chi connectivity index (χ2v) is 4.36. The molecule has 0 bridgehead atoms. The van der Waals surface area contributed by atoms with Crippen LogP contribution in [0.2, 0.25) is 0 Å². The van der Waals surface area contributed by atoms with Crippen LogP contribution in [0.3, 0.4) is 0 Å². The third kappa shape index (κ3) is 2.47. The molecule has 2 rings (SSSR count). The maximum Gasteiger partial charge on any atom is 0.407 e. The lowest BCUT2D eigenvalue weighted by atomic mass is 10.1. The largest absolute Gasteiger partial charge is 0.465 e. The molecule has 0 aromatic carbocycles. The molecule has 0 unspecified atom stereocenters. The number of rotatable bonds is 2. The van der Waals surface area contributed by atoms with E-state index in [1.807, 2.05) is 12.1 Å². The maximum absolute atomic E-state index is 11.5. The van der Waals surface area contributed by atoms with Gasteiger partial charge < -0.3 is 19.3 Å². The molecule has 1 amide bonds. The summed E-state index contributed by atoms with van der Waals surface area (Å²) in [6.45, 7) is 0.851. The van der Waals surface area contributed by atoms with Gasteiger partial charge in [0.2, 0.25) is 0 Å². The molecule has 102 valence electrons. The van der Waals surface area contributed by atoms with Gasteiger partial charge in [0.1, 0.15) is 5.69 Å². The number of carbonyl (C=O) groups excluding carboxylic acids is 1. The normalized spacial score (nSPS) is 15.1. The van der Waals surface area contributed by atoms with Crippen LogP contribution in [0.15, 0.2) is 18.2 Å². The highest BCUT2D eigenvalue weighted by Gasteiger charge is 2.20. The van der Waals surface area contributed by atoms with E-state index in [0.29, 0.717) is 25.2 Å². The first-order chi connectivity index (χ1) is 9.04. The van der Waals surface area contributed by atoms with Crippen molar-refractivity contribution in [2.45, 2.75) is 6.42 Å². The number of ether oxygens (including phenoxy) is 1.